The van der Waals surface area contributed by atoms with Gasteiger partial charge < -0.3 is 18.9 Å². The van der Waals surface area contributed by atoms with E-state index in [0.717, 1.165) is 5.56 Å². The van der Waals surface area contributed by atoms with Crippen LogP contribution in [0.5, 0.6) is 17.2 Å². The van der Waals surface area contributed by atoms with Crippen molar-refractivity contribution in [3.63, 3.8) is 0 Å². The summed E-state index contributed by atoms with van der Waals surface area (Å²) in [5.74, 6) is 1.34. The second kappa shape index (κ2) is 9.87. The Kier molecular flexibility index (Phi) is 6.47. The number of fused-ring (bicyclic) bond motifs is 2. The van der Waals surface area contributed by atoms with Crippen LogP contribution in [0.4, 0.5) is 0 Å². The Bertz CT molecular complexity index is 1570. The molecule has 8 nitrogen and oxygen atoms in total. The van der Waals surface area contributed by atoms with E-state index in [-0.39, 0.29) is 19.0 Å². The number of hydrogen-bond acceptors (Lipinski definition) is 8. The fourth-order valence-corrected chi connectivity index (χ4v) is 5.24. The second-order valence-electron chi connectivity index (χ2n) is 8.09. The van der Waals surface area contributed by atoms with Crippen LogP contribution in [0.15, 0.2) is 76.2 Å². The second-order valence-corrected chi connectivity index (χ2v) is 9.10. The van der Waals surface area contributed by atoms with Crippen molar-refractivity contribution in [1.82, 2.24) is 4.57 Å². The summed E-state index contributed by atoms with van der Waals surface area (Å²) < 4.78 is 24.0. The van der Waals surface area contributed by atoms with Crippen molar-refractivity contribution in [2.45, 2.75) is 19.9 Å². The monoisotopic (exact) mass is 504 g/mol. The molecule has 0 saturated carbocycles. The molecule has 2 aliphatic rings. The highest BCUT2D eigenvalue weighted by atomic mass is 32.1. The normalized spacial score (nSPS) is 16.4. The number of aromatic nitrogens is 1. The molecule has 184 valence electrons. The molecule has 2 aromatic carbocycles. The molecule has 0 N–H and O–H groups in total. The summed E-state index contributed by atoms with van der Waals surface area (Å²) in [7, 11) is 0. The van der Waals surface area contributed by atoms with Crippen LogP contribution in [-0.2, 0) is 9.53 Å². The van der Waals surface area contributed by atoms with Gasteiger partial charge in [-0.1, -0.05) is 42.2 Å². The topological polar surface area (TPSA) is 88.3 Å². The van der Waals surface area contributed by atoms with Crippen LogP contribution in [0.2, 0.25) is 0 Å². The number of carbonyl (C=O) groups excluding carboxylic acids is 1. The Morgan fingerprint density at radius 3 is 2.89 bits per heavy atom. The minimum absolute atomic E-state index is 0.122. The van der Waals surface area contributed by atoms with Gasteiger partial charge in [-0.25, -0.2) is 9.79 Å². The summed E-state index contributed by atoms with van der Waals surface area (Å²) in [5, 5.41) is 0. The number of benzene rings is 2. The first-order chi connectivity index (χ1) is 17.5. The van der Waals surface area contributed by atoms with Crippen LogP contribution >= 0.6 is 11.3 Å². The Morgan fingerprint density at radius 1 is 1.25 bits per heavy atom. The zero-order chi connectivity index (χ0) is 25.2. The fourth-order valence-electron chi connectivity index (χ4n) is 4.19. The molecule has 2 aliphatic heterocycles. The smallest absolute Gasteiger partial charge is 0.338 e. The lowest BCUT2D eigenvalue weighted by atomic mass is 9.95. The molecule has 0 spiro atoms. The molecule has 0 unspecified atom stereocenters. The van der Waals surface area contributed by atoms with Gasteiger partial charge in [-0.3, -0.25) is 9.36 Å². The minimum Gasteiger partial charge on any atom is -0.490 e. The summed E-state index contributed by atoms with van der Waals surface area (Å²) in [6.45, 7) is 7.87. The Morgan fingerprint density at radius 2 is 2.08 bits per heavy atom. The summed E-state index contributed by atoms with van der Waals surface area (Å²) in [6, 6.07) is 12.1. The first-order valence-corrected chi connectivity index (χ1v) is 12.2. The molecular weight excluding hydrogens is 480 g/mol. The van der Waals surface area contributed by atoms with Crippen LogP contribution in [0.3, 0.4) is 0 Å². The predicted molar refractivity (Wildman–Crippen MR) is 135 cm³/mol. The molecule has 0 radical (unpaired) electrons. The summed E-state index contributed by atoms with van der Waals surface area (Å²) in [5.41, 5.74) is 2.07. The maximum atomic E-state index is 13.7. The van der Waals surface area contributed by atoms with Gasteiger partial charge in [0.05, 0.1) is 28.5 Å². The highest BCUT2D eigenvalue weighted by molar-refractivity contribution is 7.07. The van der Waals surface area contributed by atoms with Crippen molar-refractivity contribution in [2.75, 3.05) is 20.0 Å². The Hall–Kier alpha value is -4.11. The molecule has 0 amide bonds. The minimum atomic E-state index is -0.723. The van der Waals surface area contributed by atoms with Gasteiger partial charge in [0.1, 0.15) is 12.4 Å². The van der Waals surface area contributed by atoms with Gasteiger partial charge in [-0.15, -0.1) is 0 Å². The molecule has 3 heterocycles. The highest BCUT2D eigenvalue weighted by Crippen LogP contribution is 2.38. The van der Waals surface area contributed by atoms with E-state index in [1.807, 2.05) is 30.3 Å². The molecule has 9 heteroatoms. The van der Waals surface area contributed by atoms with Gasteiger partial charge in [-0.05, 0) is 55.3 Å². The number of ether oxygens (including phenoxy) is 4. The average molecular weight is 505 g/mol. The molecular formula is C27H24N2O6S. The highest BCUT2D eigenvalue weighted by Gasteiger charge is 2.34. The van der Waals surface area contributed by atoms with Crippen LogP contribution in [0.25, 0.3) is 6.08 Å². The molecule has 1 atom stereocenters. The predicted octanol–water partition coefficient (Wildman–Crippen LogP) is 3.09. The number of carbonyl (C=O) groups is 1. The van der Waals surface area contributed by atoms with Crippen LogP contribution in [-0.4, -0.2) is 30.5 Å². The van der Waals surface area contributed by atoms with E-state index in [0.29, 0.717) is 50.0 Å². The largest absolute Gasteiger partial charge is 0.490 e. The summed E-state index contributed by atoms with van der Waals surface area (Å²) in [4.78, 5) is 31.9. The SMILES string of the molecule is C=CCOc1cccc(/C=c2\sc3n(c2=O)[C@@H](c2ccc4c(c2)OCO4)C(C(=O)OCC)=C(C)N=3)c1. The summed E-state index contributed by atoms with van der Waals surface area (Å²) >= 11 is 1.26. The van der Waals surface area contributed by atoms with E-state index in [1.54, 1.807) is 42.7 Å². The summed E-state index contributed by atoms with van der Waals surface area (Å²) in [6.07, 6.45) is 3.47. The van der Waals surface area contributed by atoms with E-state index in [4.69, 9.17) is 18.9 Å². The third-order valence-electron chi connectivity index (χ3n) is 5.75. The van der Waals surface area contributed by atoms with Crippen LogP contribution in [0, 0.1) is 0 Å². The molecule has 5 rings (SSSR count). The molecule has 1 aromatic heterocycles. The van der Waals surface area contributed by atoms with Crippen LogP contribution < -0.4 is 29.1 Å². The lowest BCUT2D eigenvalue weighted by molar-refractivity contribution is -0.139. The lowest BCUT2D eigenvalue weighted by Crippen LogP contribution is -2.39. The van der Waals surface area contributed by atoms with Crippen LogP contribution in [0.1, 0.15) is 31.0 Å². The number of hydrogen-bond donors (Lipinski definition) is 0. The van der Waals surface area contributed by atoms with Crippen molar-refractivity contribution in [2.24, 2.45) is 4.99 Å². The zero-order valence-corrected chi connectivity index (χ0v) is 20.7. The van der Waals surface area contributed by atoms with E-state index < -0.39 is 12.0 Å². The maximum Gasteiger partial charge on any atom is 0.338 e. The van der Waals surface area contributed by atoms with Crippen molar-refractivity contribution < 1.29 is 23.7 Å². The van der Waals surface area contributed by atoms with Crippen molar-refractivity contribution >= 4 is 23.4 Å². The van der Waals surface area contributed by atoms with Crippen molar-refractivity contribution in [3.05, 3.63) is 97.2 Å². The molecule has 36 heavy (non-hydrogen) atoms. The third-order valence-corrected chi connectivity index (χ3v) is 6.74. The van der Waals surface area contributed by atoms with E-state index in [9.17, 15) is 9.59 Å². The lowest BCUT2D eigenvalue weighted by Gasteiger charge is -2.24. The zero-order valence-electron chi connectivity index (χ0n) is 19.9. The molecule has 3 aromatic rings. The standard InChI is InChI=1S/C27H24N2O6S/c1-4-11-33-19-8-6-7-17(12-19)13-22-25(30)29-24(18-9-10-20-21(14-18)35-15-34-20)23(26(31)32-5-2)16(3)28-27(29)36-22/h4,6-10,12-14,24H,1,5,11,15H2,2-3H3/b22-13-/t24-/m0/s1. The van der Waals surface area contributed by atoms with Crippen molar-refractivity contribution in [1.29, 1.82) is 0 Å². The molecule has 0 aliphatic carbocycles. The van der Waals surface area contributed by atoms with E-state index in [1.165, 1.54) is 11.3 Å². The van der Waals surface area contributed by atoms with E-state index in [2.05, 4.69) is 11.6 Å². The van der Waals surface area contributed by atoms with Gasteiger partial charge in [0.15, 0.2) is 16.3 Å². The number of allylic oxidation sites excluding steroid dienone is 1. The first-order valence-electron chi connectivity index (χ1n) is 11.4. The third kappa shape index (κ3) is 4.33. The van der Waals surface area contributed by atoms with Gasteiger partial charge in [0.2, 0.25) is 6.79 Å². The van der Waals surface area contributed by atoms with E-state index >= 15 is 0 Å². The average Bonchev–Trinajstić information content (AvgIpc) is 3.46. The number of nitrogens with zero attached hydrogens (tertiary/aromatic N) is 2. The van der Waals surface area contributed by atoms with Gasteiger partial charge in [0, 0.05) is 0 Å². The first kappa shape index (κ1) is 23.6. The fraction of sp³-hybridized carbons (Fsp3) is 0.222. The quantitative estimate of drug-likeness (QED) is 0.363. The molecule has 0 bridgehead atoms. The van der Waals surface area contributed by atoms with Gasteiger partial charge in [-0.2, -0.15) is 0 Å². The van der Waals surface area contributed by atoms with Gasteiger partial charge in [0.25, 0.3) is 5.56 Å². The Balaban J connectivity index is 1.66. The number of rotatable bonds is 7. The van der Waals surface area contributed by atoms with Crippen molar-refractivity contribution in [3.8, 4) is 17.2 Å². The maximum absolute atomic E-state index is 13.7. The number of esters is 1. The number of thiazole rings is 1. The Labute approximate surface area is 211 Å². The van der Waals surface area contributed by atoms with Gasteiger partial charge >= 0.3 is 5.97 Å². The molecule has 0 saturated heterocycles. The molecule has 0 fully saturated rings.